The number of carboxylic acids is 1. The molecule has 0 amide bonds. The van der Waals surface area contributed by atoms with E-state index in [4.69, 9.17) is 28.3 Å². The van der Waals surface area contributed by atoms with Crippen LogP contribution in [0.25, 0.3) is 0 Å². The van der Waals surface area contributed by atoms with Crippen molar-refractivity contribution < 1.29 is 22.9 Å². The number of rotatable bonds is 5. The summed E-state index contributed by atoms with van der Waals surface area (Å²) in [4.78, 5) is 11.0. The summed E-state index contributed by atoms with van der Waals surface area (Å²) in [5.41, 5.74) is -0.163. The lowest BCUT2D eigenvalue weighted by molar-refractivity contribution is -0.172. The summed E-state index contributed by atoms with van der Waals surface area (Å²) < 4.78 is 41.0. The number of hydrogen-bond acceptors (Lipinski definition) is 2. The van der Waals surface area contributed by atoms with Crippen LogP contribution in [0.15, 0.2) is 18.2 Å². The van der Waals surface area contributed by atoms with Gasteiger partial charge in [-0.15, -0.1) is 0 Å². The lowest BCUT2D eigenvalue weighted by atomic mass is 10.0. The third-order valence-electron chi connectivity index (χ3n) is 3.03. The van der Waals surface area contributed by atoms with Crippen LogP contribution < -0.4 is 0 Å². The number of alkyl halides is 2. The van der Waals surface area contributed by atoms with Crippen molar-refractivity contribution in [2.75, 3.05) is 7.05 Å². The first-order valence-electron chi connectivity index (χ1n) is 6.51. The van der Waals surface area contributed by atoms with E-state index in [0.717, 1.165) is 4.31 Å². The van der Waals surface area contributed by atoms with Crippen molar-refractivity contribution in [3.8, 4) is 0 Å². The quantitative estimate of drug-likeness (QED) is 0.825. The molecule has 0 spiro atoms. The molecule has 0 radical (unpaired) electrons. The summed E-state index contributed by atoms with van der Waals surface area (Å²) in [6.45, 7) is 4.79. The minimum absolute atomic E-state index is 0.124. The Morgan fingerprint density at radius 1 is 1.30 bits per heavy atom. The van der Waals surface area contributed by atoms with Crippen LogP contribution in [0.5, 0.6) is 0 Å². The Morgan fingerprint density at radius 3 is 2.22 bits per heavy atom. The van der Waals surface area contributed by atoms with Crippen molar-refractivity contribution in [2.24, 2.45) is 0 Å². The number of benzene rings is 1. The summed E-state index contributed by atoms with van der Waals surface area (Å²) in [5.74, 6) is -6.53. The van der Waals surface area contributed by atoms with Crippen LogP contribution >= 0.6 is 23.2 Å². The molecule has 9 heteroatoms. The van der Waals surface area contributed by atoms with Gasteiger partial charge in [0.05, 0.1) is 4.75 Å². The van der Waals surface area contributed by atoms with Crippen LogP contribution in [0.3, 0.4) is 0 Å². The minimum Gasteiger partial charge on any atom is -0.477 e. The van der Waals surface area contributed by atoms with E-state index in [1.54, 1.807) is 20.8 Å². The molecule has 0 aliphatic heterocycles. The molecule has 130 valence electrons. The lowest BCUT2D eigenvalue weighted by Crippen LogP contribution is -2.48. The van der Waals surface area contributed by atoms with E-state index in [-0.39, 0.29) is 15.6 Å². The smallest absolute Gasteiger partial charge is 0.376 e. The molecule has 4 nitrogen and oxygen atoms in total. The number of halogens is 4. The Labute approximate surface area is 146 Å². The van der Waals surface area contributed by atoms with Crippen LogP contribution in [-0.2, 0) is 15.8 Å². The molecule has 1 rings (SSSR count). The van der Waals surface area contributed by atoms with E-state index in [1.165, 1.54) is 25.2 Å². The fourth-order valence-electron chi connectivity index (χ4n) is 1.99. The van der Waals surface area contributed by atoms with Gasteiger partial charge in [0.25, 0.3) is 0 Å². The highest BCUT2D eigenvalue weighted by atomic mass is 35.5. The zero-order chi connectivity index (χ0) is 18.2. The second-order valence-electron chi connectivity index (χ2n) is 5.90. The van der Waals surface area contributed by atoms with Gasteiger partial charge in [-0.3, -0.25) is 0 Å². The third kappa shape index (κ3) is 4.41. The van der Waals surface area contributed by atoms with Crippen molar-refractivity contribution in [3.63, 3.8) is 0 Å². The van der Waals surface area contributed by atoms with E-state index in [9.17, 15) is 17.8 Å². The summed E-state index contributed by atoms with van der Waals surface area (Å²) >= 11 is 11.7. The van der Waals surface area contributed by atoms with Gasteiger partial charge in [-0.1, -0.05) is 29.3 Å². The van der Waals surface area contributed by atoms with Crippen molar-refractivity contribution >= 4 is 40.2 Å². The molecule has 0 saturated carbocycles. The zero-order valence-electron chi connectivity index (χ0n) is 12.9. The maximum Gasteiger partial charge on any atom is 0.376 e. The fourth-order valence-corrected chi connectivity index (χ4v) is 3.80. The molecule has 2 atom stereocenters. The van der Waals surface area contributed by atoms with Gasteiger partial charge in [0, 0.05) is 17.1 Å². The fraction of sp³-hybridized carbons (Fsp3) is 0.500. The molecule has 1 aromatic rings. The second kappa shape index (κ2) is 7.01. The molecule has 0 aliphatic rings. The molecular weight excluding hydrogens is 371 g/mol. The topological polar surface area (TPSA) is 57.6 Å². The normalized spacial score (nSPS) is 15.5. The minimum atomic E-state index is -4.20. The maximum atomic E-state index is 14.3. The maximum absolute atomic E-state index is 14.3. The van der Waals surface area contributed by atoms with E-state index in [2.05, 4.69) is 0 Å². The van der Waals surface area contributed by atoms with Gasteiger partial charge >= 0.3 is 11.9 Å². The summed E-state index contributed by atoms with van der Waals surface area (Å²) in [5, 5.41) is 9.00. The number of carbonyl (C=O) groups is 1. The van der Waals surface area contributed by atoms with E-state index in [1.807, 2.05) is 0 Å². The molecule has 0 saturated heterocycles. The largest absolute Gasteiger partial charge is 0.477 e. The number of aliphatic carboxylic acids is 1. The molecule has 0 aliphatic carbocycles. The highest BCUT2D eigenvalue weighted by Gasteiger charge is 2.53. The standard InChI is InChI=1S/C14H17Cl2F2NO3S/c1-13(2,3)23(22)19(4)11(14(17,18)12(20)21)9-6-5-8(15)7-10(9)16/h5-7,11H,1-4H3,(H,20,21)/t11-,23+/m1/s1. The SMILES string of the molecule is CN([C@H](c1ccc(Cl)cc1Cl)C(F)(F)C(=O)O)[S@@](=O)C(C)(C)C. The first-order valence-corrected chi connectivity index (χ1v) is 8.37. The molecule has 23 heavy (non-hydrogen) atoms. The van der Waals surface area contributed by atoms with E-state index >= 15 is 0 Å². The Bertz CT molecular complexity index is 635. The van der Waals surface area contributed by atoms with Crippen LogP contribution in [0.4, 0.5) is 8.78 Å². The average Bonchev–Trinajstić information content (AvgIpc) is 2.39. The van der Waals surface area contributed by atoms with Crippen molar-refractivity contribution in [3.05, 3.63) is 33.8 Å². The third-order valence-corrected chi connectivity index (χ3v) is 5.38. The monoisotopic (exact) mass is 387 g/mol. The second-order valence-corrected chi connectivity index (χ2v) is 9.05. The average molecular weight is 388 g/mol. The molecule has 0 bridgehead atoms. The van der Waals surface area contributed by atoms with Crippen LogP contribution in [0, 0.1) is 0 Å². The highest BCUT2D eigenvalue weighted by Crippen LogP contribution is 2.41. The zero-order valence-corrected chi connectivity index (χ0v) is 15.3. The lowest BCUT2D eigenvalue weighted by Gasteiger charge is -2.35. The van der Waals surface area contributed by atoms with Gasteiger partial charge in [0.2, 0.25) is 0 Å². The van der Waals surface area contributed by atoms with Gasteiger partial charge < -0.3 is 5.11 Å². The van der Waals surface area contributed by atoms with Crippen molar-refractivity contribution in [1.29, 1.82) is 0 Å². The summed E-state index contributed by atoms with van der Waals surface area (Å²) in [7, 11) is -0.716. The molecule has 1 N–H and O–H groups in total. The van der Waals surface area contributed by atoms with E-state index in [0.29, 0.717) is 0 Å². The highest BCUT2D eigenvalue weighted by molar-refractivity contribution is 7.84. The van der Waals surface area contributed by atoms with E-state index < -0.39 is 33.7 Å². The number of nitrogens with zero attached hydrogens (tertiary/aromatic N) is 1. The van der Waals surface area contributed by atoms with Gasteiger partial charge in [-0.2, -0.15) is 8.78 Å². The first-order chi connectivity index (χ1) is 10.3. The van der Waals surface area contributed by atoms with Gasteiger partial charge in [-0.25, -0.2) is 13.3 Å². The molecule has 0 unspecified atom stereocenters. The number of hydrogen-bond donors (Lipinski definition) is 1. The van der Waals surface area contributed by atoms with Crippen LogP contribution in [0.1, 0.15) is 32.4 Å². The van der Waals surface area contributed by atoms with Gasteiger partial charge in [0.15, 0.2) is 0 Å². The number of carboxylic acid groups (broad SMARTS) is 1. The predicted molar refractivity (Wildman–Crippen MR) is 87.4 cm³/mol. The Balaban J connectivity index is 3.51. The Kier molecular flexibility index (Phi) is 6.18. The molecule has 1 aromatic carbocycles. The Hall–Kier alpha value is -0.760. The first kappa shape index (κ1) is 20.3. The predicted octanol–water partition coefficient (Wildman–Crippen LogP) is 4.15. The van der Waals surface area contributed by atoms with Crippen LogP contribution in [0.2, 0.25) is 10.0 Å². The summed E-state index contributed by atoms with van der Waals surface area (Å²) in [6.07, 6.45) is 0. The molecule has 0 heterocycles. The van der Waals surface area contributed by atoms with Crippen molar-refractivity contribution in [2.45, 2.75) is 37.5 Å². The Morgan fingerprint density at radius 2 is 1.83 bits per heavy atom. The van der Waals surface area contributed by atoms with Crippen molar-refractivity contribution in [1.82, 2.24) is 4.31 Å². The molecule has 0 aromatic heterocycles. The molecular formula is C14H17Cl2F2NO3S. The van der Waals surface area contributed by atoms with Gasteiger partial charge in [-0.05, 0) is 38.5 Å². The summed E-state index contributed by atoms with van der Waals surface area (Å²) in [6, 6.07) is 1.76. The van der Waals surface area contributed by atoms with Crippen LogP contribution in [-0.4, -0.2) is 37.3 Å². The molecule has 0 fully saturated rings. The van der Waals surface area contributed by atoms with Gasteiger partial charge in [0.1, 0.15) is 17.0 Å².